The second kappa shape index (κ2) is 5.58. The molecular formula is C7H5ClFNaO4S. The van der Waals surface area contributed by atoms with Gasteiger partial charge in [0, 0.05) is 10.6 Å². The van der Waals surface area contributed by atoms with Crippen LogP contribution in [-0.4, -0.2) is 18.1 Å². The van der Waals surface area contributed by atoms with E-state index in [2.05, 4.69) is 0 Å². The maximum Gasteiger partial charge on any atom is 1.00 e. The van der Waals surface area contributed by atoms with Gasteiger partial charge in [0.1, 0.15) is 15.9 Å². The topological polar surface area (TPSA) is 77.4 Å². The van der Waals surface area contributed by atoms with Crippen LogP contribution in [0.1, 0.15) is 11.0 Å². The Bertz CT molecular complexity index is 450. The third-order valence-corrected chi connectivity index (χ3v) is 2.54. The van der Waals surface area contributed by atoms with Crippen LogP contribution in [0.25, 0.3) is 0 Å². The first-order valence-electron chi connectivity index (χ1n) is 3.40. The van der Waals surface area contributed by atoms with E-state index in [0.717, 1.165) is 12.1 Å². The molecule has 0 aliphatic heterocycles. The van der Waals surface area contributed by atoms with E-state index in [9.17, 15) is 17.4 Å². The van der Waals surface area contributed by atoms with Crippen LogP contribution in [0.5, 0.6) is 0 Å². The van der Waals surface area contributed by atoms with Crippen molar-refractivity contribution in [1.29, 1.82) is 0 Å². The van der Waals surface area contributed by atoms with Gasteiger partial charge in [0.05, 0.1) is 0 Å². The van der Waals surface area contributed by atoms with E-state index >= 15 is 0 Å². The Morgan fingerprint density at radius 2 is 2.00 bits per heavy atom. The van der Waals surface area contributed by atoms with Gasteiger partial charge >= 0.3 is 29.6 Å². The van der Waals surface area contributed by atoms with Crippen molar-refractivity contribution in [3.05, 3.63) is 34.6 Å². The van der Waals surface area contributed by atoms with Gasteiger partial charge in [0.2, 0.25) is 0 Å². The van der Waals surface area contributed by atoms with Gasteiger partial charge in [-0.3, -0.25) is 0 Å². The number of aliphatic hydroxyl groups is 1. The van der Waals surface area contributed by atoms with Crippen LogP contribution >= 0.6 is 11.6 Å². The molecule has 0 fully saturated rings. The van der Waals surface area contributed by atoms with Gasteiger partial charge in [0.25, 0.3) is 0 Å². The van der Waals surface area contributed by atoms with E-state index < -0.39 is 26.9 Å². The molecule has 0 amide bonds. The van der Waals surface area contributed by atoms with Gasteiger partial charge in [-0.05, 0) is 12.1 Å². The Labute approximate surface area is 113 Å². The average molecular weight is 263 g/mol. The number of hydrogen-bond acceptors (Lipinski definition) is 4. The first-order valence-corrected chi connectivity index (χ1v) is 5.25. The molecular weight excluding hydrogens is 258 g/mol. The zero-order valence-corrected chi connectivity index (χ0v) is 11.2. The maximum atomic E-state index is 13.0. The molecule has 1 N–H and O–H groups in total. The number of hydrogen-bond donors (Lipinski definition) is 1. The second-order valence-electron chi connectivity index (χ2n) is 2.51. The normalized spacial score (nSPS) is 13.1. The van der Waals surface area contributed by atoms with Crippen LogP contribution in [-0.2, 0) is 10.1 Å². The molecule has 0 heterocycles. The Morgan fingerprint density at radius 3 is 2.40 bits per heavy atom. The number of rotatable bonds is 2. The molecule has 1 atom stereocenters. The van der Waals surface area contributed by atoms with E-state index in [1.807, 2.05) is 0 Å². The molecule has 0 aliphatic carbocycles. The quantitative estimate of drug-likeness (QED) is 0.495. The van der Waals surface area contributed by atoms with Gasteiger partial charge < -0.3 is 9.66 Å². The monoisotopic (exact) mass is 262 g/mol. The largest absolute Gasteiger partial charge is 1.00 e. The summed E-state index contributed by atoms with van der Waals surface area (Å²) in [5.74, 6) is -1.04. The molecule has 1 aromatic rings. The van der Waals surface area contributed by atoms with E-state index in [4.69, 9.17) is 16.7 Å². The second-order valence-corrected chi connectivity index (χ2v) is 4.38. The van der Waals surface area contributed by atoms with Gasteiger partial charge in [-0.2, -0.15) is 0 Å². The molecule has 0 bridgehead atoms. The zero-order valence-electron chi connectivity index (χ0n) is 7.65. The molecule has 1 unspecified atom stereocenters. The van der Waals surface area contributed by atoms with Crippen molar-refractivity contribution in [2.45, 2.75) is 5.44 Å². The summed E-state index contributed by atoms with van der Waals surface area (Å²) in [6.07, 6.45) is 0. The van der Waals surface area contributed by atoms with E-state index in [1.54, 1.807) is 0 Å². The van der Waals surface area contributed by atoms with Gasteiger partial charge in [0.15, 0.2) is 5.44 Å². The first kappa shape index (κ1) is 15.3. The van der Waals surface area contributed by atoms with Crippen LogP contribution in [0.3, 0.4) is 0 Å². The number of halogens is 2. The Kier molecular flexibility index (Phi) is 5.70. The van der Waals surface area contributed by atoms with Crippen LogP contribution in [0.15, 0.2) is 18.2 Å². The first-order chi connectivity index (χ1) is 6.32. The molecule has 0 aliphatic rings. The van der Waals surface area contributed by atoms with Crippen LogP contribution in [0.4, 0.5) is 4.39 Å². The van der Waals surface area contributed by atoms with Crippen molar-refractivity contribution in [2.75, 3.05) is 0 Å². The minimum atomic E-state index is -4.97. The minimum Gasteiger partial charge on any atom is -0.746 e. The predicted octanol–water partition coefficient (Wildman–Crippen LogP) is -1.98. The summed E-state index contributed by atoms with van der Waals surface area (Å²) in [5, 5.41) is 8.99. The van der Waals surface area contributed by atoms with E-state index in [0.29, 0.717) is 0 Å². The van der Waals surface area contributed by atoms with E-state index in [-0.39, 0.29) is 34.6 Å². The molecule has 8 heteroatoms. The van der Waals surface area contributed by atoms with Gasteiger partial charge in [-0.15, -0.1) is 0 Å². The smallest absolute Gasteiger partial charge is 0.746 e. The molecule has 4 nitrogen and oxygen atoms in total. The summed E-state index contributed by atoms with van der Waals surface area (Å²) in [6.45, 7) is 0. The van der Waals surface area contributed by atoms with Gasteiger partial charge in [-0.1, -0.05) is 17.7 Å². The zero-order chi connectivity index (χ0) is 10.9. The molecule has 15 heavy (non-hydrogen) atoms. The standard InChI is InChI=1S/C7H6ClFO4S.Na/c8-4-1-2-5(6(9)3-4)7(10)14(11,12)13;/h1-3,7,10H,(H,11,12,13);/q;+1/p-1. The predicted molar refractivity (Wildman–Crippen MR) is 46.1 cm³/mol. The fourth-order valence-corrected chi connectivity index (χ4v) is 1.52. The van der Waals surface area contributed by atoms with Crippen molar-refractivity contribution in [1.82, 2.24) is 0 Å². The summed E-state index contributed by atoms with van der Waals surface area (Å²) < 4.78 is 44.1. The maximum absolute atomic E-state index is 13.0. The van der Waals surface area contributed by atoms with Crippen LogP contribution in [0, 0.1) is 5.82 Å². The average Bonchev–Trinajstić information content (AvgIpc) is 2.01. The Balaban J connectivity index is 0.00000196. The fourth-order valence-electron chi connectivity index (χ4n) is 0.857. The summed E-state index contributed by atoms with van der Waals surface area (Å²) in [7, 11) is -4.97. The molecule has 0 aromatic heterocycles. The molecule has 0 radical (unpaired) electrons. The Morgan fingerprint density at radius 1 is 1.47 bits per heavy atom. The molecule has 78 valence electrons. The summed E-state index contributed by atoms with van der Waals surface area (Å²) in [6, 6.07) is 2.93. The SMILES string of the molecule is O=S(=O)([O-])C(O)c1ccc(Cl)cc1F.[Na+]. The third kappa shape index (κ3) is 3.99. The van der Waals surface area contributed by atoms with Crippen molar-refractivity contribution < 1.29 is 52.0 Å². The molecule has 0 saturated carbocycles. The molecule has 1 aromatic carbocycles. The summed E-state index contributed by atoms with van der Waals surface area (Å²) in [5.41, 5.74) is -3.01. The number of aliphatic hydroxyl groups excluding tert-OH is 1. The minimum absolute atomic E-state index is 0. The van der Waals surface area contributed by atoms with Gasteiger partial charge in [-0.25, -0.2) is 12.8 Å². The molecule has 0 spiro atoms. The van der Waals surface area contributed by atoms with Crippen molar-refractivity contribution in [3.63, 3.8) is 0 Å². The van der Waals surface area contributed by atoms with Crippen LogP contribution < -0.4 is 29.6 Å². The summed E-state index contributed by atoms with van der Waals surface area (Å²) in [4.78, 5) is 0. The van der Waals surface area contributed by atoms with Crippen molar-refractivity contribution >= 4 is 21.7 Å². The Hall–Kier alpha value is 0.310. The molecule has 0 saturated heterocycles. The van der Waals surface area contributed by atoms with Crippen molar-refractivity contribution in [3.8, 4) is 0 Å². The molecule has 1 rings (SSSR count). The van der Waals surface area contributed by atoms with E-state index in [1.165, 1.54) is 6.07 Å². The fraction of sp³-hybridized carbons (Fsp3) is 0.143. The number of benzene rings is 1. The van der Waals surface area contributed by atoms with Crippen LogP contribution in [0.2, 0.25) is 5.02 Å². The summed E-state index contributed by atoms with van der Waals surface area (Å²) >= 11 is 5.39. The van der Waals surface area contributed by atoms with Crippen molar-refractivity contribution in [2.24, 2.45) is 0 Å². The third-order valence-electron chi connectivity index (χ3n) is 1.50.